The molecule has 0 bridgehead atoms. The van der Waals surface area contributed by atoms with Gasteiger partial charge in [-0.2, -0.15) is 0 Å². The molecular weight excluding hydrogens is 260 g/mol. The fraction of sp³-hybridized carbons (Fsp3) is 0.286. The van der Waals surface area contributed by atoms with E-state index < -0.39 is 29.7 Å². The molecule has 0 aromatic heterocycles. The first kappa shape index (κ1) is 12.5. The number of nitrogens with zero attached hydrogens (tertiary/aromatic N) is 1. The van der Waals surface area contributed by atoms with Crippen LogP contribution in [0.1, 0.15) is 34.1 Å². The van der Waals surface area contributed by atoms with Crippen LogP contribution in [0.15, 0.2) is 24.3 Å². The summed E-state index contributed by atoms with van der Waals surface area (Å²) in [6.07, 6.45) is 0.115. The van der Waals surface area contributed by atoms with E-state index in [1.807, 2.05) is 0 Å². The van der Waals surface area contributed by atoms with Crippen molar-refractivity contribution in [1.82, 2.24) is 10.2 Å². The highest BCUT2D eigenvalue weighted by molar-refractivity contribution is 6.23. The largest absolute Gasteiger partial charge is 0.295 e. The molecule has 20 heavy (non-hydrogen) atoms. The molecular formula is C14H12N2O4. The summed E-state index contributed by atoms with van der Waals surface area (Å²) >= 11 is 0. The van der Waals surface area contributed by atoms with Gasteiger partial charge >= 0.3 is 0 Å². The molecule has 2 atom stereocenters. The summed E-state index contributed by atoms with van der Waals surface area (Å²) in [6.45, 7) is 1.69. The number of carbonyl (C=O) groups excluding carboxylic acids is 4. The van der Waals surface area contributed by atoms with Crippen LogP contribution in [0.2, 0.25) is 0 Å². The maximum Gasteiger partial charge on any atom is 0.262 e. The van der Waals surface area contributed by atoms with Crippen molar-refractivity contribution in [2.45, 2.75) is 19.4 Å². The third kappa shape index (κ3) is 1.65. The average molecular weight is 272 g/mol. The van der Waals surface area contributed by atoms with E-state index in [0.29, 0.717) is 11.1 Å². The zero-order valence-corrected chi connectivity index (χ0v) is 10.8. The Morgan fingerprint density at radius 3 is 2.10 bits per heavy atom. The molecule has 6 nitrogen and oxygen atoms in total. The molecule has 1 N–H and O–H groups in total. The van der Waals surface area contributed by atoms with Crippen molar-refractivity contribution in [2.24, 2.45) is 5.92 Å². The summed E-state index contributed by atoms with van der Waals surface area (Å²) in [7, 11) is 0. The van der Waals surface area contributed by atoms with E-state index in [2.05, 4.69) is 5.32 Å². The van der Waals surface area contributed by atoms with Gasteiger partial charge < -0.3 is 0 Å². The zero-order chi connectivity index (χ0) is 14.4. The number of hydrogen-bond acceptors (Lipinski definition) is 4. The molecule has 3 rings (SSSR count). The van der Waals surface area contributed by atoms with Crippen LogP contribution in [0.3, 0.4) is 0 Å². The summed E-state index contributed by atoms with van der Waals surface area (Å²) in [5.41, 5.74) is 0.601. The van der Waals surface area contributed by atoms with E-state index in [1.165, 1.54) is 0 Å². The summed E-state index contributed by atoms with van der Waals surface area (Å²) in [5, 5.41) is 2.18. The number of rotatable bonds is 1. The van der Waals surface area contributed by atoms with Crippen LogP contribution in [0.5, 0.6) is 0 Å². The van der Waals surface area contributed by atoms with Crippen LogP contribution >= 0.6 is 0 Å². The minimum atomic E-state index is -0.930. The van der Waals surface area contributed by atoms with Crippen LogP contribution in [-0.2, 0) is 9.59 Å². The molecule has 1 aromatic carbocycles. The molecule has 4 amide bonds. The molecule has 1 saturated heterocycles. The summed E-state index contributed by atoms with van der Waals surface area (Å²) in [4.78, 5) is 48.9. The lowest BCUT2D eigenvalue weighted by Crippen LogP contribution is -2.58. The standard InChI is InChI=1S/C14H12N2O4/c1-7-6-10(17)15-12(18)11(7)16-13(19)8-4-2-3-5-9(8)14(16)20/h2-5,7,11H,6H2,1H3,(H,15,17,18)/t7-,11+/m0/s1. The molecule has 102 valence electrons. The average Bonchev–Trinajstić information content (AvgIpc) is 2.64. The number of piperidine rings is 1. The fourth-order valence-corrected chi connectivity index (χ4v) is 2.76. The molecule has 0 unspecified atom stereocenters. The molecule has 2 aliphatic rings. The first-order valence-corrected chi connectivity index (χ1v) is 6.31. The highest BCUT2D eigenvalue weighted by Crippen LogP contribution is 2.29. The number of amides is 4. The number of imide groups is 2. The summed E-state index contributed by atoms with van der Waals surface area (Å²) in [6, 6.07) is 5.53. The number of fused-ring (bicyclic) bond motifs is 1. The van der Waals surface area contributed by atoms with Crippen molar-refractivity contribution in [1.29, 1.82) is 0 Å². The number of carbonyl (C=O) groups is 4. The van der Waals surface area contributed by atoms with E-state index in [4.69, 9.17) is 0 Å². The van der Waals surface area contributed by atoms with Crippen LogP contribution < -0.4 is 5.32 Å². The molecule has 2 heterocycles. The minimum Gasteiger partial charge on any atom is -0.295 e. The third-order valence-electron chi connectivity index (χ3n) is 3.68. The van der Waals surface area contributed by atoms with Gasteiger partial charge in [0.15, 0.2) is 0 Å². The Balaban J connectivity index is 2.00. The van der Waals surface area contributed by atoms with Crippen LogP contribution in [0.4, 0.5) is 0 Å². The third-order valence-corrected chi connectivity index (χ3v) is 3.68. The second-order valence-electron chi connectivity index (χ2n) is 5.06. The first-order chi connectivity index (χ1) is 9.50. The van der Waals surface area contributed by atoms with Crippen LogP contribution in [-0.4, -0.2) is 34.6 Å². The van der Waals surface area contributed by atoms with Crippen molar-refractivity contribution in [3.63, 3.8) is 0 Å². The first-order valence-electron chi connectivity index (χ1n) is 6.31. The summed E-state index contributed by atoms with van der Waals surface area (Å²) in [5.74, 6) is -2.32. The van der Waals surface area contributed by atoms with E-state index in [-0.39, 0.29) is 12.3 Å². The van der Waals surface area contributed by atoms with Crippen molar-refractivity contribution >= 4 is 23.6 Å². The molecule has 2 aliphatic heterocycles. The van der Waals surface area contributed by atoms with Gasteiger partial charge in [-0.15, -0.1) is 0 Å². The molecule has 0 spiro atoms. The molecule has 6 heteroatoms. The second kappa shape index (κ2) is 4.26. The number of nitrogens with one attached hydrogen (secondary N) is 1. The zero-order valence-electron chi connectivity index (χ0n) is 10.8. The van der Waals surface area contributed by atoms with Gasteiger partial charge in [0.25, 0.3) is 11.8 Å². The van der Waals surface area contributed by atoms with Crippen molar-refractivity contribution in [2.75, 3.05) is 0 Å². The number of benzene rings is 1. The smallest absolute Gasteiger partial charge is 0.262 e. The topological polar surface area (TPSA) is 83.6 Å². The monoisotopic (exact) mass is 272 g/mol. The maximum absolute atomic E-state index is 12.3. The molecule has 0 saturated carbocycles. The maximum atomic E-state index is 12.3. The molecule has 0 radical (unpaired) electrons. The van der Waals surface area contributed by atoms with E-state index >= 15 is 0 Å². The Labute approximate surface area is 114 Å². The summed E-state index contributed by atoms with van der Waals surface area (Å²) < 4.78 is 0. The van der Waals surface area contributed by atoms with Gasteiger partial charge in [-0.3, -0.25) is 29.4 Å². The van der Waals surface area contributed by atoms with Crippen LogP contribution in [0, 0.1) is 5.92 Å². The van der Waals surface area contributed by atoms with Gasteiger partial charge in [0.05, 0.1) is 11.1 Å². The van der Waals surface area contributed by atoms with Crippen molar-refractivity contribution in [3.8, 4) is 0 Å². The van der Waals surface area contributed by atoms with Gasteiger partial charge in [0, 0.05) is 6.42 Å². The fourth-order valence-electron chi connectivity index (χ4n) is 2.76. The van der Waals surface area contributed by atoms with E-state index in [0.717, 1.165) is 4.90 Å². The SMILES string of the molecule is C[C@H]1CC(=O)NC(=O)[C@@H]1N1C(=O)c2ccccc2C1=O. The van der Waals surface area contributed by atoms with Gasteiger partial charge in [0.2, 0.25) is 11.8 Å². The normalized spacial score (nSPS) is 25.8. The number of hydrogen-bond donors (Lipinski definition) is 1. The van der Waals surface area contributed by atoms with Crippen molar-refractivity contribution < 1.29 is 19.2 Å². The molecule has 1 fully saturated rings. The van der Waals surface area contributed by atoms with Gasteiger partial charge in [0.1, 0.15) is 6.04 Å². The Bertz CT molecular complexity index is 617. The van der Waals surface area contributed by atoms with Crippen LogP contribution in [0.25, 0.3) is 0 Å². The van der Waals surface area contributed by atoms with Gasteiger partial charge in [-0.05, 0) is 18.1 Å². The van der Waals surface area contributed by atoms with Gasteiger partial charge in [-0.25, -0.2) is 0 Å². The van der Waals surface area contributed by atoms with Gasteiger partial charge in [-0.1, -0.05) is 19.1 Å². The molecule has 0 aliphatic carbocycles. The minimum absolute atomic E-state index is 0.115. The Hall–Kier alpha value is -2.50. The van der Waals surface area contributed by atoms with Crippen molar-refractivity contribution in [3.05, 3.63) is 35.4 Å². The molecule has 1 aromatic rings. The Kier molecular flexibility index (Phi) is 2.67. The Morgan fingerprint density at radius 2 is 1.60 bits per heavy atom. The highest BCUT2D eigenvalue weighted by atomic mass is 16.2. The van der Waals surface area contributed by atoms with E-state index in [9.17, 15) is 19.2 Å². The highest BCUT2D eigenvalue weighted by Gasteiger charge is 2.47. The predicted molar refractivity (Wildman–Crippen MR) is 67.7 cm³/mol. The predicted octanol–water partition coefficient (Wildman–Crippen LogP) is 0.334. The second-order valence-corrected chi connectivity index (χ2v) is 5.06. The lowest BCUT2D eigenvalue weighted by molar-refractivity contribution is -0.138. The van der Waals surface area contributed by atoms with E-state index in [1.54, 1.807) is 31.2 Å². The quantitative estimate of drug-likeness (QED) is 0.747. The lowest BCUT2D eigenvalue weighted by Gasteiger charge is -2.32. The Morgan fingerprint density at radius 1 is 1.05 bits per heavy atom. The lowest BCUT2D eigenvalue weighted by atomic mass is 9.92.